The van der Waals surface area contributed by atoms with E-state index in [0.29, 0.717) is 18.0 Å². The highest BCUT2D eigenvalue weighted by Gasteiger charge is 2.69. The van der Waals surface area contributed by atoms with Crippen LogP contribution in [0.3, 0.4) is 0 Å². The van der Waals surface area contributed by atoms with Gasteiger partial charge in [-0.05, 0) is 75.4 Å². The van der Waals surface area contributed by atoms with E-state index in [1.54, 1.807) is 20.2 Å². The van der Waals surface area contributed by atoms with Crippen molar-refractivity contribution in [2.45, 2.75) is 69.6 Å². The molecule has 4 aliphatic rings. The number of carbonyl (C=O) groups excluding carboxylic acids is 5. The van der Waals surface area contributed by atoms with Crippen LogP contribution in [-0.2, 0) is 32.1 Å². The van der Waals surface area contributed by atoms with E-state index in [-0.39, 0.29) is 24.2 Å². The van der Waals surface area contributed by atoms with Gasteiger partial charge >= 0.3 is 0 Å². The van der Waals surface area contributed by atoms with Crippen molar-refractivity contribution in [3.63, 3.8) is 0 Å². The van der Waals surface area contributed by atoms with Gasteiger partial charge in [0.2, 0.25) is 5.91 Å². The van der Waals surface area contributed by atoms with E-state index in [1.807, 2.05) is 19.0 Å². The third-order valence-electron chi connectivity index (χ3n) is 10.3. The van der Waals surface area contributed by atoms with Crippen molar-refractivity contribution in [2.24, 2.45) is 35.3 Å². The van der Waals surface area contributed by atoms with Crippen molar-refractivity contribution < 1.29 is 34.2 Å². The van der Waals surface area contributed by atoms with E-state index < -0.39 is 64.4 Å². The summed E-state index contributed by atoms with van der Waals surface area (Å²) in [4.78, 5) is 70.4. The minimum Gasteiger partial charge on any atom is -0.507 e. The summed E-state index contributed by atoms with van der Waals surface area (Å²) in [5.74, 6) is -9.73. The van der Waals surface area contributed by atoms with Crippen LogP contribution < -0.4 is 16.0 Å². The number of nitrogens with zero attached hydrogens (tertiary/aromatic N) is 2. The molecule has 0 aliphatic heterocycles. The molecule has 4 aliphatic carbocycles. The third-order valence-corrected chi connectivity index (χ3v) is 10.3. The number of nitrogens with one attached hydrogen (secondary N) is 1. The molecule has 3 fully saturated rings. The number of phenolic OH excluding ortho intramolecular Hbond substituents is 1. The Kier molecular flexibility index (Phi) is 8.54. The van der Waals surface area contributed by atoms with Gasteiger partial charge in [0.15, 0.2) is 34.7 Å². The van der Waals surface area contributed by atoms with Gasteiger partial charge in [0.1, 0.15) is 5.75 Å². The number of aromatic hydroxyl groups is 1. The SMILES string of the molecule is CN(C)c1c(CNCC2CCCCCC2)cc(O)c2c1C[C@H]1C[C@H]3[C@H](N(C)C)C(=O)C(C(N)=O)C(=O)[C@@]3(O)C(=O)C1C2=O. The molecule has 43 heavy (non-hydrogen) atoms. The zero-order valence-corrected chi connectivity index (χ0v) is 25.5. The average molecular weight is 597 g/mol. The van der Waals surface area contributed by atoms with Gasteiger partial charge in [-0.15, -0.1) is 0 Å². The van der Waals surface area contributed by atoms with E-state index in [0.717, 1.165) is 17.8 Å². The predicted octanol–water partition coefficient (Wildman–Crippen LogP) is 0.993. The number of ketones is 4. The van der Waals surface area contributed by atoms with Gasteiger partial charge in [-0.2, -0.15) is 0 Å². The normalized spacial score (nSPS) is 31.3. The van der Waals surface area contributed by atoms with E-state index in [2.05, 4.69) is 5.32 Å². The number of rotatable bonds is 7. The van der Waals surface area contributed by atoms with Crippen LogP contribution in [-0.4, -0.2) is 90.5 Å². The van der Waals surface area contributed by atoms with Gasteiger partial charge in [-0.3, -0.25) is 28.9 Å². The Morgan fingerprint density at radius 1 is 1.05 bits per heavy atom. The number of benzene rings is 1. The van der Waals surface area contributed by atoms with Gasteiger partial charge in [-0.1, -0.05) is 25.7 Å². The highest BCUT2D eigenvalue weighted by Crippen LogP contribution is 2.52. The largest absolute Gasteiger partial charge is 0.507 e. The van der Waals surface area contributed by atoms with Crippen molar-refractivity contribution in [3.05, 3.63) is 22.8 Å². The van der Waals surface area contributed by atoms with Crippen LogP contribution in [0.25, 0.3) is 0 Å². The van der Waals surface area contributed by atoms with Gasteiger partial charge < -0.3 is 26.2 Å². The second-order valence-corrected chi connectivity index (χ2v) is 13.4. The monoisotopic (exact) mass is 596 g/mol. The van der Waals surface area contributed by atoms with Crippen molar-refractivity contribution in [2.75, 3.05) is 39.6 Å². The lowest BCUT2D eigenvalue weighted by molar-refractivity contribution is -0.181. The first-order chi connectivity index (χ1) is 20.3. The van der Waals surface area contributed by atoms with Crippen molar-refractivity contribution in [1.29, 1.82) is 0 Å². The van der Waals surface area contributed by atoms with Crippen molar-refractivity contribution >= 4 is 34.7 Å². The molecule has 5 rings (SSSR count). The molecule has 0 heterocycles. The molecule has 0 radical (unpaired) electrons. The maximum atomic E-state index is 14.0. The van der Waals surface area contributed by atoms with E-state index in [4.69, 9.17) is 5.73 Å². The van der Waals surface area contributed by atoms with Crippen LogP contribution in [0.5, 0.6) is 5.75 Å². The number of amides is 1. The molecule has 1 aromatic rings. The molecule has 234 valence electrons. The minimum absolute atomic E-state index is 0.0165. The Labute approximate surface area is 252 Å². The van der Waals surface area contributed by atoms with Gasteiger partial charge in [0, 0.05) is 32.2 Å². The van der Waals surface area contributed by atoms with Gasteiger partial charge in [-0.25, -0.2) is 0 Å². The summed E-state index contributed by atoms with van der Waals surface area (Å²) in [7, 11) is 6.89. The third kappa shape index (κ3) is 5.09. The van der Waals surface area contributed by atoms with Gasteiger partial charge in [0.25, 0.3) is 0 Å². The zero-order valence-electron chi connectivity index (χ0n) is 25.5. The Balaban J connectivity index is 1.51. The Morgan fingerprint density at radius 2 is 1.70 bits per heavy atom. The maximum Gasteiger partial charge on any atom is 0.235 e. The number of nitrogens with two attached hydrogens (primary N) is 1. The molecular formula is C32H44N4O7. The summed E-state index contributed by atoms with van der Waals surface area (Å²) in [5, 5.41) is 26.5. The summed E-state index contributed by atoms with van der Waals surface area (Å²) in [6, 6.07) is 0.440. The number of hydrogen-bond donors (Lipinski definition) is 4. The lowest BCUT2D eigenvalue weighted by Gasteiger charge is -2.52. The first kappa shape index (κ1) is 31.3. The Bertz CT molecular complexity index is 1350. The zero-order chi connectivity index (χ0) is 31.4. The van der Waals surface area contributed by atoms with E-state index in [1.165, 1.54) is 43.4 Å². The summed E-state index contributed by atoms with van der Waals surface area (Å²) in [6.45, 7) is 1.36. The van der Waals surface area contributed by atoms with Crippen molar-refractivity contribution in [3.8, 4) is 5.75 Å². The highest BCUT2D eigenvalue weighted by atomic mass is 16.3. The van der Waals surface area contributed by atoms with Gasteiger partial charge in [0.05, 0.1) is 17.5 Å². The van der Waals surface area contributed by atoms with Crippen molar-refractivity contribution in [1.82, 2.24) is 10.2 Å². The average Bonchev–Trinajstić information content (AvgIpc) is 3.19. The molecule has 0 saturated heterocycles. The first-order valence-electron chi connectivity index (χ1n) is 15.4. The fourth-order valence-electron chi connectivity index (χ4n) is 8.40. The Morgan fingerprint density at radius 3 is 2.28 bits per heavy atom. The van der Waals surface area contributed by atoms with E-state index in [9.17, 15) is 34.2 Å². The molecule has 0 bridgehead atoms. The van der Waals surface area contributed by atoms with Crippen LogP contribution in [0, 0.1) is 29.6 Å². The second kappa shape index (κ2) is 11.7. The van der Waals surface area contributed by atoms with Crippen LogP contribution in [0.1, 0.15) is 66.4 Å². The molecule has 11 heteroatoms. The number of anilines is 1. The van der Waals surface area contributed by atoms with E-state index >= 15 is 0 Å². The fourth-order valence-corrected chi connectivity index (χ4v) is 8.40. The maximum absolute atomic E-state index is 14.0. The predicted molar refractivity (Wildman–Crippen MR) is 159 cm³/mol. The van der Waals surface area contributed by atoms with Crippen LogP contribution in [0.2, 0.25) is 0 Å². The first-order valence-corrected chi connectivity index (χ1v) is 15.4. The standard InChI is InChI=1S/C32H44N4O7/c1-35(2)25-18(15-34-14-16-9-7-5-6-8-10-16)13-21(37)23-19(25)11-17-12-20-26(36(3)4)28(39)24(31(33)42)30(41)32(20,43)29(40)22(17)27(23)38/h13,16-17,20,22,24,26,34,37,43H,5-12,14-15H2,1-4H3,(H2,33,42)/t17-,20-,22?,24?,26-,32-/m0/s1. The smallest absolute Gasteiger partial charge is 0.235 e. The summed E-state index contributed by atoms with van der Waals surface area (Å²) < 4.78 is 0. The number of aliphatic hydroxyl groups is 1. The molecule has 5 N–H and O–H groups in total. The summed E-state index contributed by atoms with van der Waals surface area (Å²) in [5.41, 5.74) is 4.92. The molecule has 1 aromatic carbocycles. The molecule has 0 aromatic heterocycles. The number of hydrogen-bond acceptors (Lipinski definition) is 10. The lowest BCUT2D eigenvalue weighted by atomic mass is 9.52. The number of phenols is 1. The number of carbonyl (C=O) groups is 5. The highest BCUT2D eigenvalue weighted by molar-refractivity contribution is 6.32. The molecule has 2 unspecified atom stereocenters. The van der Waals surface area contributed by atoms with Crippen LogP contribution >= 0.6 is 0 Å². The number of likely N-dealkylation sites (N-methyl/N-ethyl adjacent to an activating group) is 1. The number of Topliss-reactive ketones (excluding diaryl/α,β-unsaturated/α-hetero) is 4. The van der Waals surface area contributed by atoms with Crippen LogP contribution in [0.4, 0.5) is 5.69 Å². The molecule has 3 saturated carbocycles. The molecule has 1 amide bonds. The fraction of sp³-hybridized carbons (Fsp3) is 0.656. The summed E-state index contributed by atoms with van der Waals surface area (Å²) >= 11 is 0. The quantitative estimate of drug-likeness (QED) is 0.263. The molecular weight excluding hydrogens is 552 g/mol. The lowest BCUT2D eigenvalue weighted by Crippen LogP contribution is -2.74. The molecule has 11 nitrogen and oxygen atoms in total. The number of fused-ring (bicyclic) bond motifs is 3. The second-order valence-electron chi connectivity index (χ2n) is 13.4. The van der Waals surface area contributed by atoms with Crippen LogP contribution in [0.15, 0.2) is 6.07 Å². The summed E-state index contributed by atoms with van der Waals surface area (Å²) in [6.07, 6.45) is 7.70. The number of primary amides is 1. The molecule has 6 atom stereocenters. The molecule has 0 spiro atoms. The topological polar surface area (TPSA) is 170 Å². The minimum atomic E-state index is -2.72. The Hall–Kier alpha value is -3.15.